The van der Waals surface area contributed by atoms with Crippen molar-refractivity contribution in [3.05, 3.63) is 12.2 Å². The highest BCUT2D eigenvalue weighted by Gasteiger charge is 2.05. The number of rotatable bonds is 4. The Morgan fingerprint density at radius 1 is 1.62 bits per heavy atom. The molecule has 0 bridgehead atoms. The molecule has 0 saturated carbocycles. The van der Waals surface area contributed by atoms with Crippen LogP contribution in [0.1, 0.15) is 19.2 Å². The van der Waals surface area contributed by atoms with Gasteiger partial charge >= 0.3 is 0 Å². The lowest BCUT2D eigenvalue weighted by atomic mass is 10.5. The topological polar surface area (TPSA) is 119 Å². The first-order valence-electron chi connectivity index (χ1n) is 4.81. The van der Waals surface area contributed by atoms with E-state index >= 15 is 0 Å². The van der Waals surface area contributed by atoms with Crippen LogP contribution in [0.5, 0.6) is 0 Å². The highest BCUT2D eigenvalue weighted by atomic mass is 32.2. The Morgan fingerprint density at radius 2 is 2.38 bits per heavy atom. The second-order valence-electron chi connectivity index (χ2n) is 3.03. The first kappa shape index (κ1) is 12.5. The molecule has 0 aromatic carbocycles. The molecule has 0 saturated heterocycles. The van der Waals surface area contributed by atoms with Gasteiger partial charge in [0.25, 0.3) is 0 Å². The summed E-state index contributed by atoms with van der Waals surface area (Å²) in [6.45, 7) is 2.89. The molecule has 5 N–H and O–H groups in total. The minimum Gasteiger partial charge on any atom is -0.370 e. The van der Waals surface area contributed by atoms with Crippen LogP contribution in [-0.2, 0) is 12.3 Å². The fourth-order valence-corrected chi connectivity index (χ4v) is 1.74. The lowest BCUT2D eigenvalue weighted by molar-refractivity contribution is 0.582. The number of amidine groups is 1. The molecule has 1 aromatic rings. The molecule has 0 fully saturated rings. The first-order valence-corrected chi connectivity index (χ1v) is 5.79. The van der Waals surface area contributed by atoms with Crippen molar-refractivity contribution in [3.63, 3.8) is 0 Å². The molecule has 0 spiro atoms. The lowest BCUT2D eigenvalue weighted by Crippen LogP contribution is -2.23. The van der Waals surface area contributed by atoms with Gasteiger partial charge in [-0.15, -0.1) is 0 Å². The fraction of sp³-hybridized carbons (Fsp3) is 0.500. The molecule has 88 valence electrons. The standard InChI is InChI=1S/C8H15N7S/c1-2-3-15-6(12-5-13-15)4-16-8(11)14-7(9)10/h5H,2-4H2,1H3,(H5,9,10,11,14). The Balaban J connectivity index is 2.51. The quantitative estimate of drug-likeness (QED) is 0.511. The minimum absolute atomic E-state index is 0.0750. The summed E-state index contributed by atoms with van der Waals surface area (Å²) in [5.41, 5.74) is 10.3. The van der Waals surface area contributed by atoms with Crippen molar-refractivity contribution in [2.75, 3.05) is 0 Å². The smallest absolute Gasteiger partial charge is 0.193 e. The van der Waals surface area contributed by atoms with Crippen molar-refractivity contribution >= 4 is 22.9 Å². The summed E-state index contributed by atoms with van der Waals surface area (Å²) in [7, 11) is 0. The maximum Gasteiger partial charge on any atom is 0.193 e. The average molecular weight is 241 g/mol. The predicted molar refractivity (Wildman–Crippen MR) is 65.1 cm³/mol. The number of guanidine groups is 1. The number of nitrogens with one attached hydrogen (secondary N) is 1. The van der Waals surface area contributed by atoms with Crippen LogP contribution in [0.4, 0.5) is 0 Å². The minimum atomic E-state index is -0.104. The Morgan fingerprint density at radius 3 is 3.00 bits per heavy atom. The molecular weight excluding hydrogens is 226 g/mol. The zero-order valence-corrected chi connectivity index (χ0v) is 9.87. The van der Waals surface area contributed by atoms with Crippen LogP contribution in [-0.4, -0.2) is 25.9 Å². The van der Waals surface area contributed by atoms with E-state index in [4.69, 9.17) is 16.9 Å². The molecule has 0 amide bonds. The average Bonchev–Trinajstić information content (AvgIpc) is 2.62. The number of nitrogens with two attached hydrogens (primary N) is 2. The van der Waals surface area contributed by atoms with Crippen LogP contribution < -0.4 is 11.5 Å². The fourth-order valence-electron chi connectivity index (χ4n) is 1.08. The van der Waals surface area contributed by atoms with E-state index in [1.54, 1.807) is 0 Å². The third-order valence-electron chi connectivity index (χ3n) is 1.70. The van der Waals surface area contributed by atoms with Gasteiger partial charge < -0.3 is 11.5 Å². The van der Waals surface area contributed by atoms with E-state index < -0.39 is 0 Å². The van der Waals surface area contributed by atoms with Gasteiger partial charge in [-0.1, -0.05) is 18.7 Å². The molecule has 0 radical (unpaired) electrons. The van der Waals surface area contributed by atoms with Crippen LogP contribution in [0.25, 0.3) is 0 Å². The van der Waals surface area contributed by atoms with E-state index in [0.29, 0.717) is 5.75 Å². The van der Waals surface area contributed by atoms with Crippen LogP contribution >= 0.6 is 11.8 Å². The number of nitrogens with zero attached hydrogens (tertiary/aromatic N) is 4. The highest BCUT2D eigenvalue weighted by molar-refractivity contribution is 8.13. The summed E-state index contributed by atoms with van der Waals surface area (Å²) in [5.74, 6) is 1.25. The summed E-state index contributed by atoms with van der Waals surface area (Å²) < 4.78 is 1.82. The van der Waals surface area contributed by atoms with E-state index in [2.05, 4.69) is 22.0 Å². The van der Waals surface area contributed by atoms with Gasteiger partial charge in [-0.3, -0.25) is 5.41 Å². The maximum absolute atomic E-state index is 7.45. The normalized spacial score (nSPS) is 10.1. The zero-order chi connectivity index (χ0) is 12.0. The van der Waals surface area contributed by atoms with Gasteiger partial charge in [-0.2, -0.15) is 10.1 Å². The van der Waals surface area contributed by atoms with E-state index in [1.165, 1.54) is 18.1 Å². The molecule has 0 unspecified atom stereocenters. The second kappa shape index (κ2) is 6.11. The van der Waals surface area contributed by atoms with Crippen molar-refractivity contribution < 1.29 is 0 Å². The number of thioether (sulfide) groups is 1. The van der Waals surface area contributed by atoms with Crippen LogP contribution in [0.2, 0.25) is 0 Å². The maximum atomic E-state index is 7.45. The lowest BCUT2D eigenvalue weighted by Gasteiger charge is -2.03. The first-order chi connectivity index (χ1) is 7.63. The third-order valence-corrected chi connectivity index (χ3v) is 2.47. The number of hydrogen-bond donors (Lipinski definition) is 3. The number of aryl methyl sites for hydroxylation is 1. The molecule has 8 heteroatoms. The van der Waals surface area contributed by atoms with Gasteiger partial charge in [-0.05, 0) is 6.42 Å². The van der Waals surface area contributed by atoms with Crippen molar-refractivity contribution in [2.24, 2.45) is 16.5 Å². The Labute approximate surface area is 97.8 Å². The van der Waals surface area contributed by atoms with Gasteiger partial charge in [-0.25, -0.2) is 9.67 Å². The summed E-state index contributed by atoms with van der Waals surface area (Å²) in [5, 5.41) is 11.6. The van der Waals surface area contributed by atoms with E-state index in [-0.39, 0.29) is 11.1 Å². The van der Waals surface area contributed by atoms with Crippen LogP contribution in [0.3, 0.4) is 0 Å². The SMILES string of the molecule is CCCn1ncnc1CSC(=N)N=C(N)N. The summed E-state index contributed by atoms with van der Waals surface area (Å²) in [4.78, 5) is 7.72. The zero-order valence-electron chi connectivity index (χ0n) is 9.05. The van der Waals surface area contributed by atoms with E-state index in [9.17, 15) is 0 Å². The molecule has 0 aliphatic heterocycles. The molecule has 1 heterocycles. The second-order valence-corrected chi connectivity index (χ2v) is 3.99. The Bertz CT molecular complexity index is 379. The number of hydrogen-bond acceptors (Lipinski definition) is 4. The van der Waals surface area contributed by atoms with Crippen LogP contribution in [0.15, 0.2) is 11.3 Å². The van der Waals surface area contributed by atoms with Gasteiger partial charge in [0.1, 0.15) is 12.2 Å². The Hall–Kier alpha value is -1.57. The van der Waals surface area contributed by atoms with Gasteiger partial charge in [0.05, 0.1) is 5.75 Å². The largest absolute Gasteiger partial charge is 0.370 e. The molecule has 7 nitrogen and oxygen atoms in total. The van der Waals surface area contributed by atoms with Gasteiger partial charge in [0, 0.05) is 6.54 Å². The summed E-state index contributed by atoms with van der Waals surface area (Å²) >= 11 is 1.21. The summed E-state index contributed by atoms with van der Waals surface area (Å²) in [6, 6.07) is 0. The summed E-state index contributed by atoms with van der Waals surface area (Å²) in [6.07, 6.45) is 2.50. The predicted octanol–water partition coefficient (Wildman–Crippen LogP) is 0.129. The number of aliphatic imine (C=N–C) groups is 1. The van der Waals surface area contributed by atoms with Crippen LogP contribution in [0, 0.1) is 5.41 Å². The van der Waals surface area contributed by atoms with Crippen molar-refractivity contribution in [1.82, 2.24) is 14.8 Å². The van der Waals surface area contributed by atoms with E-state index in [1.807, 2.05) is 4.68 Å². The van der Waals surface area contributed by atoms with E-state index in [0.717, 1.165) is 18.8 Å². The van der Waals surface area contributed by atoms with Crippen molar-refractivity contribution in [1.29, 1.82) is 5.41 Å². The third kappa shape index (κ3) is 3.89. The molecular formula is C8H15N7S. The molecule has 0 aliphatic carbocycles. The van der Waals surface area contributed by atoms with Crippen molar-refractivity contribution in [3.8, 4) is 0 Å². The van der Waals surface area contributed by atoms with Gasteiger partial charge in [0.2, 0.25) is 0 Å². The molecule has 0 atom stereocenters. The molecule has 16 heavy (non-hydrogen) atoms. The monoisotopic (exact) mass is 241 g/mol. The molecule has 1 aromatic heterocycles. The van der Waals surface area contributed by atoms with Crippen molar-refractivity contribution in [2.45, 2.75) is 25.6 Å². The molecule has 0 aliphatic rings. The molecule has 1 rings (SSSR count). The Kier molecular flexibility index (Phi) is 4.77. The number of aromatic nitrogens is 3. The van der Waals surface area contributed by atoms with Gasteiger partial charge in [0.15, 0.2) is 11.1 Å². The highest BCUT2D eigenvalue weighted by Crippen LogP contribution is 2.11.